The summed E-state index contributed by atoms with van der Waals surface area (Å²) in [6.07, 6.45) is 1.61. The quantitative estimate of drug-likeness (QED) is 0.524. The van der Waals surface area contributed by atoms with Crippen LogP contribution in [0.5, 0.6) is 11.5 Å². The minimum Gasteiger partial charge on any atom is -0.467 e. The first kappa shape index (κ1) is 17.2. The van der Waals surface area contributed by atoms with E-state index in [-0.39, 0.29) is 13.3 Å². The fraction of sp³-hybridized carbons (Fsp3) is 0.389. The molecular weight excluding hydrogens is 322 g/mol. The number of nitrogens with zero attached hydrogens (tertiary/aromatic N) is 1. The van der Waals surface area contributed by atoms with Crippen LogP contribution in [0, 0.1) is 0 Å². The molecule has 3 N–H and O–H groups in total. The molecule has 1 atom stereocenters. The minimum absolute atomic E-state index is 0.229. The molecule has 0 aliphatic carbocycles. The normalized spacial score (nSPS) is 14.4. The van der Waals surface area contributed by atoms with Crippen molar-refractivity contribution >= 4 is 5.96 Å². The second-order valence-corrected chi connectivity index (χ2v) is 5.62. The number of hydrogen-bond donors (Lipinski definition) is 3. The topological polar surface area (TPSA) is 88.3 Å². The molecule has 1 aromatic carbocycles. The lowest BCUT2D eigenvalue weighted by molar-refractivity contribution is 0.158. The number of aliphatic hydroxyl groups excluding tert-OH is 1. The molecule has 0 saturated carbocycles. The number of fused-ring (bicyclic) bond motifs is 1. The Morgan fingerprint density at radius 2 is 2.12 bits per heavy atom. The summed E-state index contributed by atoms with van der Waals surface area (Å²) in [5.41, 5.74) is 1.16. The molecule has 25 heavy (non-hydrogen) atoms. The molecule has 1 unspecified atom stereocenters. The molecule has 0 fully saturated rings. The maximum atomic E-state index is 10.0. The second kappa shape index (κ2) is 8.43. The van der Waals surface area contributed by atoms with Crippen molar-refractivity contribution in [1.29, 1.82) is 0 Å². The Kier molecular flexibility index (Phi) is 5.79. The van der Waals surface area contributed by atoms with Crippen LogP contribution in [0.2, 0.25) is 0 Å². The molecule has 0 amide bonds. The van der Waals surface area contributed by atoms with Crippen LogP contribution in [0.1, 0.15) is 24.4 Å². The summed E-state index contributed by atoms with van der Waals surface area (Å²) < 4.78 is 15.9. The van der Waals surface area contributed by atoms with Gasteiger partial charge < -0.3 is 29.6 Å². The van der Waals surface area contributed by atoms with Crippen LogP contribution in [-0.4, -0.2) is 37.5 Å². The molecule has 0 radical (unpaired) electrons. The van der Waals surface area contributed by atoms with Crippen molar-refractivity contribution in [1.82, 2.24) is 10.6 Å². The minimum atomic E-state index is -0.751. The van der Waals surface area contributed by atoms with Gasteiger partial charge in [0.25, 0.3) is 0 Å². The lowest BCUT2D eigenvalue weighted by Crippen LogP contribution is -2.38. The number of furan rings is 1. The lowest BCUT2D eigenvalue weighted by atomic mass is 10.1. The van der Waals surface area contributed by atoms with E-state index >= 15 is 0 Å². The zero-order chi connectivity index (χ0) is 17.5. The highest BCUT2D eigenvalue weighted by Gasteiger charge is 2.13. The number of rotatable bonds is 7. The summed E-state index contributed by atoms with van der Waals surface area (Å²) in [4.78, 5) is 4.40. The predicted molar refractivity (Wildman–Crippen MR) is 93.9 cm³/mol. The fourth-order valence-electron chi connectivity index (χ4n) is 2.51. The lowest BCUT2D eigenvalue weighted by Gasteiger charge is -2.12. The van der Waals surface area contributed by atoms with E-state index < -0.39 is 6.10 Å². The first-order valence-electron chi connectivity index (χ1n) is 8.38. The van der Waals surface area contributed by atoms with Crippen LogP contribution in [0.15, 0.2) is 46.0 Å². The van der Waals surface area contributed by atoms with Crippen LogP contribution in [0.25, 0.3) is 0 Å². The smallest absolute Gasteiger partial charge is 0.231 e. The highest BCUT2D eigenvalue weighted by Crippen LogP contribution is 2.32. The molecule has 1 aromatic heterocycles. The van der Waals surface area contributed by atoms with E-state index in [4.69, 9.17) is 13.9 Å². The van der Waals surface area contributed by atoms with Gasteiger partial charge in [0, 0.05) is 13.1 Å². The molecule has 0 bridgehead atoms. The molecule has 2 heterocycles. The molecule has 1 aliphatic rings. The van der Waals surface area contributed by atoms with Crippen molar-refractivity contribution < 1.29 is 19.0 Å². The van der Waals surface area contributed by atoms with Gasteiger partial charge in [-0.3, -0.25) is 4.99 Å². The predicted octanol–water partition coefficient (Wildman–Crippen LogP) is 1.84. The van der Waals surface area contributed by atoms with E-state index in [2.05, 4.69) is 15.6 Å². The molecular formula is C18H23N3O4. The summed E-state index contributed by atoms with van der Waals surface area (Å²) in [6, 6.07) is 9.43. The molecule has 0 saturated heterocycles. The Balaban J connectivity index is 1.50. The summed E-state index contributed by atoms with van der Waals surface area (Å²) >= 11 is 0. The zero-order valence-electron chi connectivity index (χ0n) is 14.2. The number of aliphatic hydroxyl groups is 1. The third-order valence-corrected chi connectivity index (χ3v) is 3.78. The van der Waals surface area contributed by atoms with Gasteiger partial charge >= 0.3 is 0 Å². The summed E-state index contributed by atoms with van der Waals surface area (Å²) in [5.74, 6) is 2.76. The van der Waals surface area contributed by atoms with Crippen molar-refractivity contribution in [3.63, 3.8) is 0 Å². The maximum Gasteiger partial charge on any atom is 0.231 e. The van der Waals surface area contributed by atoms with E-state index in [0.29, 0.717) is 18.3 Å². The Labute approximate surface area is 146 Å². The molecule has 3 rings (SSSR count). The first-order valence-corrected chi connectivity index (χ1v) is 8.38. The first-order chi connectivity index (χ1) is 12.3. The number of hydrogen-bond acceptors (Lipinski definition) is 5. The standard InChI is InChI=1S/C18H23N3O4/c1-2-19-18(21-11-14(22)15-4-3-9-23-15)20-8-7-13-5-6-16-17(10-13)25-12-24-16/h3-6,9-10,14,22H,2,7-8,11-12H2,1H3,(H2,19,20,21). The molecule has 2 aromatic rings. The fourth-order valence-corrected chi connectivity index (χ4v) is 2.51. The highest BCUT2D eigenvalue weighted by molar-refractivity contribution is 5.79. The van der Waals surface area contributed by atoms with Crippen molar-refractivity contribution in [2.75, 3.05) is 26.4 Å². The average Bonchev–Trinajstić information content (AvgIpc) is 3.30. The molecule has 1 aliphatic heterocycles. The van der Waals surface area contributed by atoms with E-state index in [0.717, 1.165) is 30.0 Å². The van der Waals surface area contributed by atoms with E-state index in [9.17, 15) is 5.11 Å². The van der Waals surface area contributed by atoms with Crippen LogP contribution < -0.4 is 20.1 Å². The van der Waals surface area contributed by atoms with Crippen molar-refractivity contribution in [2.45, 2.75) is 19.4 Å². The molecule has 7 nitrogen and oxygen atoms in total. The van der Waals surface area contributed by atoms with Gasteiger partial charge in [-0.05, 0) is 43.2 Å². The van der Waals surface area contributed by atoms with Gasteiger partial charge in [0.2, 0.25) is 6.79 Å². The molecule has 7 heteroatoms. The SMILES string of the molecule is CCNC(=NCC(O)c1ccco1)NCCc1ccc2c(c1)OCO2. The summed E-state index contributed by atoms with van der Waals surface area (Å²) in [7, 11) is 0. The number of guanidine groups is 1. The zero-order valence-corrected chi connectivity index (χ0v) is 14.2. The van der Waals surface area contributed by atoms with E-state index in [1.807, 2.05) is 25.1 Å². The Morgan fingerprint density at radius 3 is 2.92 bits per heavy atom. The van der Waals surface area contributed by atoms with Gasteiger partial charge in [-0.25, -0.2) is 0 Å². The van der Waals surface area contributed by atoms with Crippen LogP contribution >= 0.6 is 0 Å². The van der Waals surface area contributed by atoms with Crippen LogP contribution in [-0.2, 0) is 6.42 Å². The Morgan fingerprint density at radius 1 is 1.24 bits per heavy atom. The molecule has 0 spiro atoms. The van der Waals surface area contributed by atoms with Crippen molar-refractivity contribution in [3.8, 4) is 11.5 Å². The van der Waals surface area contributed by atoms with Gasteiger partial charge in [-0.1, -0.05) is 6.07 Å². The van der Waals surface area contributed by atoms with E-state index in [1.54, 1.807) is 12.1 Å². The maximum absolute atomic E-state index is 10.0. The second-order valence-electron chi connectivity index (χ2n) is 5.62. The van der Waals surface area contributed by atoms with Gasteiger partial charge in [0.05, 0.1) is 12.8 Å². The van der Waals surface area contributed by atoms with Crippen molar-refractivity contribution in [3.05, 3.63) is 47.9 Å². The third-order valence-electron chi connectivity index (χ3n) is 3.78. The highest BCUT2D eigenvalue weighted by atomic mass is 16.7. The van der Waals surface area contributed by atoms with Gasteiger partial charge in [0.1, 0.15) is 11.9 Å². The Hall–Kier alpha value is -2.67. The van der Waals surface area contributed by atoms with Gasteiger partial charge in [-0.2, -0.15) is 0 Å². The Bertz CT molecular complexity index is 700. The number of benzene rings is 1. The summed E-state index contributed by atoms with van der Waals surface area (Å²) in [5, 5.41) is 16.5. The summed E-state index contributed by atoms with van der Waals surface area (Å²) in [6.45, 7) is 3.96. The van der Waals surface area contributed by atoms with Gasteiger partial charge in [0.15, 0.2) is 17.5 Å². The monoisotopic (exact) mass is 345 g/mol. The number of nitrogens with one attached hydrogen (secondary N) is 2. The average molecular weight is 345 g/mol. The number of ether oxygens (including phenoxy) is 2. The van der Waals surface area contributed by atoms with Gasteiger partial charge in [-0.15, -0.1) is 0 Å². The van der Waals surface area contributed by atoms with Crippen LogP contribution in [0.3, 0.4) is 0 Å². The largest absolute Gasteiger partial charge is 0.467 e. The third kappa shape index (κ3) is 4.67. The molecule has 134 valence electrons. The van der Waals surface area contributed by atoms with Crippen LogP contribution in [0.4, 0.5) is 0 Å². The number of aliphatic imine (C=N–C) groups is 1. The van der Waals surface area contributed by atoms with E-state index in [1.165, 1.54) is 6.26 Å². The van der Waals surface area contributed by atoms with Crippen molar-refractivity contribution in [2.24, 2.45) is 4.99 Å².